The number of esters is 1. The number of imidazole rings is 1. The normalized spacial score (nSPS) is 19.3. The quantitative estimate of drug-likeness (QED) is 0.787. The Bertz CT molecular complexity index is 978. The fourth-order valence-electron chi connectivity index (χ4n) is 4.12. The van der Waals surface area contributed by atoms with E-state index in [2.05, 4.69) is 32.7 Å². The summed E-state index contributed by atoms with van der Waals surface area (Å²) < 4.78 is 7.24. The van der Waals surface area contributed by atoms with Crippen LogP contribution in [0.4, 0.5) is 10.5 Å². The second-order valence-corrected chi connectivity index (χ2v) is 7.24. The Balaban J connectivity index is 1.72. The maximum atomic E-state index is 12.5. The van der Waals surface area contributed by atoms with Crippen LogP contribution in [-0.4, -0.2) is 47.3 Å². The van der Waals surface area contributed by atoms with Crippen LogP contribution >= 0.6 is 0 Å². The van der Waals surface area contributed by atoms with Crippen LogP contribution in [-0.2, 0) is 23.0 Å². The number of fused-ring (bicyclic) bond motifs is 3. The van der Waals surface area contributed by atoms with Gasteiger partial charge in [-0.3, -0.25) is 0 Å². The third-order valence-corrected chi connectivity index (χ3v) is 5.39. The number of carbonyl (C=O) groups is 2. The number of nitrogens with one attached hydrogen (secondary N) is 2. The highest BCUT2D eigenvalue weighted by Gasteiger charge is 2.31. The van der Waals surface area contributed by atoms with Gasteiger partial charge in [0.1, 0.15) is 0 Å². The Morgan fingerprint density at radius 3 is 3.00 bits per heavy atom. The van der Waals surface area contributed by atoms with Crippen molar-refractivity contribution in [3.63, 3.8) is 0 Å². The van der Waals surface area contributed by atoms with Crippen molar-refractivity contribution in [3.8, 4) is 0 Å². The smallest absolute Gasteiger partial charge is 0.337 e. The fourth-order valence-corrected chi connectivity index (χ4v) is 4.12. The van der Waals surface area contributed by atoms with Gasteiger partial charge in [0.25, 0.3) is 0 Å². The Hall–Kier alpha value is -3.03. The van der Waals surface area contributed by atoms with Gasteiger partial charge < -0.3 is 24.8 Å². The predicted octanol–water partition coefficient (Wildman–Crippen LogP) is 1.84. The van der Waals surface area contributed by atoms with Crippen LogP contribution in [0, 0.1) is 0 Å². The molecule has 1 unspecified atom stereocenters. The number of hydrogen-bond acceptors (Lipinski definition) is 5. The number of anilines is 1. The third kappa shape index (κ3) is 3.08. The molecule has 2 aromatic rings. The Kier molecular flexibility index (Phi) is 4.70. The van der Waals surface area contributed by atoms with Crippen LogP contribution in [0.5, 0.6) is 0 Å². The van der Waals surface area contributed by atoms with Crippen LogP contribution in [0.1, 0.15) is 25.8 Å². The molecule has 2 aliphatic heterocycles. The number of aryl methyl sites for hydroxylation is 2. The molecule has 8 heteroatoms. The number of hydrogen-bond donors (Lipinski definition) is 2. The molecule has 2 N–H and O–H groups in total. The summed E-state index contributed by atoms with van der Waals surface area (Å²) in [6.07, 6.45) is 3.79. The zero-order valence-corrected chi connectivity index (χ0v) is 16.4. The van der Waals surface area contributed by atoms with E-state index in [-0.39, 0.29) is 6.03 Å². The number of carbonyl (C=O) groups excluding carboxylic acids is 2. The first kappa shape index (κ1) is 18.3. The molecule has 0 saturated heterocycles. The van der Waals surface area contributed by atoms with Gasteiger partial charge >= 0.3 is 12.0 Å². The molecule has 1 aromatic carbocycles. The Morgan fingerprint density at radius 1 is 1.39 bits per heavy atom. The lowest BCUT2D eigenvalue weighted by Crippen LogP contribution is -2.51. The number of amides is 2. The molecule has 0 bridgehead atoms. The molecular formula is C20H25N5O3. The van der Waals surface area contributed by atoms with Gasteiger partial charge in [-0.1, -0.05) is 0 Å². The molecule has 0 fully saturated rings. The first-order valence-electron chi connectivity index (χ1n) is 9.65. The number of benzene rings is 1. The molecule has 148 valence electrons. The molecule has 28 heavy (non-hydrogen) atoms. The molecule has 2 aliphatic rings. The summed E-state index contributed by atoms with van der Waals surface area (Å²) in [5.74, 6) is -0.394. The maximum Gasteiger partial charge on any atom is 0.337 e. The third-order valence-electron chi connectivity index (χ3n) is 5.39. The van der Waals surface area contributed by atoms with Gasteiger partial charge in [-0.15, -0.1) is 0 Å². The number of aromatic nitrogens is 2. The lowest BCUT2D eigenvalue weighted by molar-refractivity contribution is -0.139. The van der Waals surface area contributed by atoms with Crippen molar-refractivity contribution < 1.29 is 14.3 Å². The highest BCUT2D eigenvalue weighted by atomic mass is 16.5. The van der Waals surface area contributed by atoms with Crippen LogP contribution < -0.4 is 15.5 Å². The zero-order valence-electron chi connectivity index (χ0n) is 16.4. The number of rotatable bonds is 4. The molecule has 1 aromatic heterocycles. The highest BCUT2D eigenvalue weighted by molar-refractivity contribution is 5.95. The van der Waals surface area contributed by atoms with Gasteiger partial charge in [0.05, 0.1) is 47.8 Å². The summed E-state index contributed by atoms with van der Waals surface area (Å²) in [4.78, 5) is 31.3. The zero-order chi connectivity index (χ0) is 19.8. The van der Waals surface area contributed by atoms with Crippen LogP contribution in [0.2, 0.25) is 0 Å². The van der Waals surface area contributed by atoms with E-state index < -0.39 is 12.0 Å². The molecule has 0 saturated carbocycles. The first-order valence-corrected chi connectivity index (χ1v) is 9.65. The van der Waals surface area contributed by atoms with E-state index >= 15 is 0 Å². The maximum absolute atomic E-state index is 12.5. The van der Waals surface area contributed by atoms with Crippen LogP contribution in [0.15, 0.2) is 29.7 Å². The van der Waals surface area contributed by atoms with Crippen molar-refractivity contribution in [2.75, 3.05) is 24.6 Å². The van der Waals surface area contributed by atoms with Gasteiger partial charge in [0, 0.05) is 24.8 Å². The number of nitrogens with zero attached hydrogens (tertiary/aromatic N) is 3. The van der Waals surface area contributed by atoms with E-state index in [1.165, 1.54) is 5.56 Å². The van der Waals surface area contributed by atoms with Gasteiger partial charge in [0.2, 0.25) is 0 Å². The lowest BCUT2D eigenvalue weighted by atomic mass is 9.98. The fraction of sp³-hybridized carbons (Fsp3) is 0.450. The summed E-state index contributed by atoms with van der Waals surface area (Å²) in [6.45, 7) is 5.16. The molecule has 8 nitrogen and oxygen atoms in total. The van der Waals surface area contributed by atoms with E-state index in [0.29, 0.717) is 24.4 Å². The van der Waals surface area contributed by atoms with E-state index in [1.54, 1.807) is 13.8 Å². The van der Waals surface area contributed by atoms with Crippen LogP contribution in [0.25, 0.3) is 11.0 Å². The van der Waals surface area contributed by atoms with E-state index in [4.69, 9.17) is 4.74 Å². The lowest BCUT2D eigenvalue weighted by Gasteiger charge is -2.35. The summed E-state index contributed by atoms with van der Waals surface area (Å²) in [5.41, 5.74) is 5.53. The van der Waals surface area contributed by atoms with Crippen LogP contribution in [0.3, 0.4) is 0 Å². The van der Waals surface area contributed by atoms with Crippen molar-refractivity contribution in [1.82, 2.24) is 20.2 Å². The molecule has 0 radical (unpaired) electrons. The van der Waals surface area contributed by atoms with Crippen molar-refractivity contribution in [2.45, 2.75) is 32.7 Å². The van der Waals surface area contributed by atoms with Gasteiger partial charge in [-0.25, -0.2) is 14.6 Å². The molecule has 1 atom stereocenters. The minimum atomic E-state index is -0.398. The second-order valence-electron chi connectivity index (χ2n) is 7.24. The molecule has 4 rings (SSSR count). The SMILES string of the molecule is CCOC(=O)C1=C(CN2CCCc3c2ccc2c3ncn2C)NC(=O)NC1C. The molecule has 0 spiro atoms. The van der Waals surface area contributed by atoms with Gasteiger partial charge in [-0.2, -0.15) is 0 Å². The summed E-state index contributed by atoms with van der Waals surface area (Å²) in [5, 5.41) is 5.56. The summed E-state index contributed by atoms with van der Waals surface area (Å²) in [7, 11) is 1.99. The van der Waals surface area contributed by atoms with Crippen molar-refractivity contribution in [2.24, 2.45) is 7.05 Å². The summed E-state index contributed by atoms with van der Waals surface area (Å²) >= 11 is 0. The van der Waals surface area contributed by atoms with Crippen molar-refractivity contribution in [1.29, 1.82) is 0 Å². The minimum Gasteiger partial charge on any atom is -0.463 e. The van der Waals surface area contributed by atoms with E-state index in [0.717, 1.165) is 36.1 Å². The van der Waals surface area contributed by atoms with Gasteiger partial charge in [-0.05, 0) is 38.8 Å². The monoisotopic (exact) mass is 383 g/mol. The van der Waals surface area contributed by atoms with Crippen molar-refractivity contribution in [3.05, 3.63) is 35.3 Å². The number of ether oxygens (including phenoxy) is 1. The highest BCUT2D eigenvalue weighted by Crippen LogP contribution is 2.33. The standard InChI is InChI=1S/C20H25N5O3/c1-4-28-19(26)17-12(2)22-20(27)23-14(17)10-25-9-5-6-13-15(25)7-8-16-18(13)21-11-24(16)3/h7-8,11-12H,4-6,9-10H2,1-3H3,(H2,22,23,27). The van der Waals surface area contributed by atoms with E-state index in [9.17, 15) is 9.59 Å². The predicted molar refractivity (Wildman–Crippen MR) is 106 cm³/mol. The molecular weight excluding hydrogens is 358 g/mol. The van der Waals surface area contributed by atoms with Crippen molar-refractivity contribution >= 4 is 28.7 Å². The Labute approximate surface area is 163 Å². The largest absolute Gasteiger partial charge is 0.463 e. The molecule has 0 aliphatic carbocycles. The minimum absolute atomic E-state index is 0.292. The second kappa shape index (κ2) is 7.18. The molecule has 2 amide bonds. The first-order chi connectivity index (χ1) is 13.5. The average Bonchev–Trinajstić information content (AvgIpc) is 3.03. The van der Waals surface area contributed by atoms with E-state index in [1.807, 2.05) is 17.9 Å². The van der Waals surface area contributed by atoms with Gasteiger partial charge in [0.15, 0.2) is 0 Å². The average molecular weight is 383 g/mol. The molecule has 3 heterocycles. The topological polar surface area (TPSA) is 88.5 Å². The Morgan fingerprint density at radius 2 is 2.21 bits per heavy atom. The summed E-state index contributed by atoms with van der Waals surface area (Å²) in [6, 6.07) is 3.48. The number of urea groups is 1.